The van der Waals surface area contributed by atoms with Gasteiger partial charge in [-0.2, -0.15) is 0 Å². The van der Waals surface area contributed by atoms with Gasteiger partial charge in [0.1, 0.15) is 11.5 Å². The van der Waals surface area contributed by atoms with Crippen molar-refractivity contribution in [2.24, 2.45) is 5.92 Å². The lowest BCUT2D eigenvalue weighted by molar-refractivity contribution is -0.274. The number of halogens is 3. The summed E-state index contributed by atoms with van der Waals surface area (Å²) in [5, 5.41) is 0.206. The molecule has 2 bridgehead atoms. The van der Waals surface area contributed by atoms with Crippen LogP contribution in [0.1, 0.15) is 37.7 Å². The Morgan fingerprint density at radius 1 is 1.21 bits per heavy atom. The van der Waals surface area contributed by atoms with Crippen molar-refractivity contribution in [3.8, 4) is 5.75 Å². The lowest BCUT2D eigenvalue weighted by atomic mass is 9.85. The predicted molar refractivity (Wildman–Crippen MR) is 84.1 cm³/mol. The van der Waals surface area contributed by atoms with Gasteiger partial charge >= 0.3 is 6.36 Å². The zero-order chi connectivity index (χ0) is 17.3. The zero-order valence-corrected chi connectivity index (χ0v) is 13.9. The maximum Gasteiger partial charge on any atom is 0.573 e. The molecule has 2 unspecified atom stereocenters. The molecule has 3 nitrogen and oxygen atoms in total. The Morgan fingerprint density at radius 2 is 1.88 bits per heavy atom. The molecule has 2 saturated heterocycles. The Labute approximate surface area is 141 Å². The highest BCUT2D eigenvalue weighted by Gasteiger charge is 2.40. The SMILES string of the molecule is O=C(Cc1cccc(OC(F)(F)F)c1)C1CC2CCCC(C1)S2=O. The van der Waals surface area contributed by atoms with E-state index in [4.69, 9.17) is 0 Å². The molecule has 2 aliphatic heterocycles. The highest BCUT2D eigenvalue weighted by molar-refractivity contribution is 7.86. The van der Waals surface area contributed by atoms with Gasteiger partial charge < -0.3 is 4.74 Å². The van der Waals surface area contributed by atoms with E-state index in [0.717, 1.165) is 19.3 Å². The van der Waals surface area contributed by atoms with Gasteiger partial charge in [0, 0.05) is 33.6 Å². The molecule has 0 spiro atoms. The van der Waals surface area contributed by atoms with Gasteiger partial charge in [-0.05, 0) is 43.4 Å². The third-order valence-corrected chi connectivity index (χ3v) is 6.94. The van der Waals surface area contributed by atoms with Crippen LogP contribution in [0.4, 0.5) is 13.2 Å². The van der Waals surface area contributed by atoms with Crippen LogP contribution in [-0.4, -0.2) is 26.9 Å². The van der Waals surface area contributed by atoms with Crippen LogP contribution in [0.3, 0.4) is 0 Å². The fourth-order valence-corrected chi connectivity index (χ4v) is 5.88. The van der Waals surface area contributed by atoms with Crippen LogP contribution in [0.2, 0.25) is 0 Å². The molecule has 7 heteroatoms. The second-order valence-corrected chi connectivity index (χ2v) is 8.50. The maximum absolute atomic E-state index is 12.5. The average molecular weight is 360 g/mol. The van der Waals surface area contributed by atoms with Gasteiger partial charge in [0.15, 0.2) is 0 Å². The third kappa shape index (κ3) is 4.18. The number of hydrogen-bond acceptors (Lipinski definition) is 3. The van der Waals surface area contributed by atoms with E-state index < -0.39 is 17.2 Å². The summed E-state index contributed by atoms with van der Waals surface area (Å²) in [5.74, 6) is -0.424. The summed E-state index contributed by atoms with van der Waals surface area (Å²) < 4.78 is 52.9. The summed E-state index contributed by atoms with van der Waals surface area (Å²) in [6.07, 6.45) is -0.497. The fraction of sp³-hybridized carbons (Fsp3) is 0.588. The molecule has 2 atom stereocenters. The van der Waals surface area contributed by atoms with Gasteiger partial charge in [-0.3, -0.25) is 9.00 Å². The molecule has 1 aromatic rings. The molecule has 132 valence electrons. The minimum Gasteiger partial charge on any atom is -0.406 e. The first-order valence-electron chi connectivity index (χ1n) is 8.08. The maximum atomic E-state index is 12.5. The van der Waals surface area contributed by atoms with E-state index in [1.165, 1.54) is 18.2 Å². The van der Waals surface area contributed by atoms with E-state index in [1.54, 1.807) is 6.07 Å². The first kappa shape index (κ1) is 17.5. The van der Waals surface area contributed by atoms with Crippen LogP contribution in [0.5, 0.6) is 5.75 Å². The van der Waals surface area contributed by atoms with Crippen molar-refractivity contribution < 1.29 is 26.9 Å². The summed E-state index contributed by atoms with van der Waals surface area (Å²) in [4.78, 5) is 12.5. The summed E-state index contributed by atoms with van der Waals surface area (Å²) in [5.41, 5.74) is 0.513. The van der Waals surface area contributed by atoms with Crippen LogP contribution in [-0.2, 0) is 22.0 Å². The molecule has 24 heavy (non-hydrogen) atoms. The normalized spacial score (nSPS) is 30.0. The Hall–Kier alpha value is -1.37. The number of fused-ring (bicyclic) bond motifs is 2. The van der Waals surface area contributed by atoms with Gasteiger partial charge in [-0.1, -0.05) is 18.6 Å². The second-order valence-electron chi connectivity index (χ2n) is 6.51. The highest BCUT2D eigenvalue weighted by Crippen LogP contribution is 2.37. The van der Waals surface area contributed by atoms with Gasteiger partial charge in [-0.15, -0.1) is 13.2 Å². The molecule has 3 rings (SSSR count). The number of carbonyl (C=O) groups excluding carboxylic acids is 1. The van der Waals surface area contributed by atoms with E-state index in [-0.39, 0.29) is 34.4 Å². The smallest absolute Gasteiger partial charge is 0.406 e. The molecule has 0 saturated carbocycles. The van der Waals surface area contributed by atoms with Gasteiger partial charge in [-0.25, -0.2) is 0 Å². The number of ether oxygens (including phenoxy) is 1. The van der Waals surface area contributed by atoms with Crippen LogP contribution in [0.15, 0.2) is 24.3 Å². The molecular weight excluding hydrogens is 341 g/mol. The molecule has 2 fully saturated rings. The van der Waals surface area contributed by atoms with Crippen molar-refractivity contribution in [2.45, 2.75) is 55.4 Å². The van der Waals surface area contributed by atoms with Gasteiger partial charge in [0.2, 0.25) is 0 Å². The minimum atomic E-state index is -4.74. The topological polar surface area (TPSA) is 43.4 Å². The first-order chi connectivity index (χ1) is 11.3. The lowest BCUT2D eigenvalue weighted by Gasteiger charge is -2.37. The summed E-state index contributed by atoms with van der Waals surface area (Å²) in [6.45, 7) is 0. The standard InChI is InChI=1S/C17H19F3O3S/c18-17(19,20)23-13-4-1-3-11(7-13)8-16(21)12-9-14-5-2-6-15(10-12)24(14)22/h1,3-4,7,12,14-15H,2,5-6,8-10H2. The highest BCUT2D eigenvalue weighted by atomic mass is 32.2. The number of carbonyl (C=O) groups is 1. The summed E-state index contributed by atoms with van der Waals surface area (Å²) >= 11 is 0. The molecular formula is C17H19F3O3S. The minimum absolute atomic E-state index is 0.0211. The largest absolute Gasteiger partial charge is 0.573 e. The Bertz CT molecular complexity index is 628. The molecule has 0 aromatic heterocycles. The van der Waals surface area contributed by atoms with Crippen molar-refractivity contribution >= 4 is 16.6 Å². The third-order valence-electron chi connectivity index (χ3n) is 4.77. The Morgan fingerprint density at radius 3 is 2.50 bits per heavy atom. The molecule has 0 radical (unpaired) electrons. The van der Waals surface area contributed by atoms with E-state index >= 15 is 0 Å². The molecule has 0 N–H and O–H groups in total. The van der Waals surface area contributed by atoms with Crippen LogP contribution < -0.4 is 4.74 Å². The number of Topliss-reactive ketones (excluding diaryl/α,β-unsaturated/α-hetero) is 1. The number of alkyl halides is 3. The molecule has 2 heterocycles. The van der Waals surface area contributed by atoms with Crippen molar-refractivity contribution in [2.75, 3.05) is 0 Å². The summed E-state index contributed by atoms with van der Waals surface area (Å²) in [6, 6.07) is 5.56. The van der Waals surface area contributed by atoms with Gasteiger partial charge in [0.25, 0.3) is 0 Å². The van der Waals surface area contributed by atoms with E-state index in [0.29, 0.717) is 18.4 Å². The van der Waals surface area contributed by atoms with Crippen molar-refractivity contribution in [1.82, 2.24) is 0 Å². The lowest BCUT2D eigenvalue weighted by Crippen LogP contribution is -2.41. The number of benzene rings is 1. The Kier molecular flexibility index (Phi) is 4.99. The summed E-state index contributed by atoms with van der Waals surface area (Å²) in [7, 11) is -0.832. The van der Waals surface area contributed by atoms with E-state index in [2.05, 4.69) is 4.74 Å². The van der Waals surface area contributed by atoms with Crippen LogP contribution >= 0.6 is 0 Å². The molecule has 0 aliphatic carbocycles. The quantitative estimate of drug-likeness (QED) is 0.821. The number of ketones is 1. The van der Waals surface area contributed by atoms with Crippen LogP contribution in [0, 0.1) is 5.92 Å². The first-order valence-corrected chi connectivity index (χ1v) is 9.36. The van der Waals surface area contributed by atoms with Crippen LogP contribution in [0.25, 0.3) is 0 Å². The number of rotatable bonds is 4. The Balaban J connectivity index is 1.65. The van der Waals surface area contributed by atoms with Crippen molar-refractivity contribution in [3.05, 3.63) is 29.8 Å². The fourth-order valence-electron chi connectivity index (χ4n) is 3.69. The second kappa shape index (κ2) is 6.86. The molecule has 2 aliphatic rings. The predicted octanol–water partition coefficient (Wildman–Crippen LogP) is 3.78. The average Bonchev–Trinajstić information content (AvgIpc) is 2.45. The molecule has 1 aromatic carbocycles. The van der Waals surface area contributed by atoms with E-state index in [9.17, 15) is 22.2 Å². The van der Waals surface area contributed by atoms with Gasteiger partial charge in [0.05, 0.1) is 0 Å². The number of hydrogen-bond donors (Lipinski definition) is 0. The molecule has 0 amide bonds. The monoisotopic (exact) mass is 360 g/mol. The zero-order valence-electron chi connectivity index (χ0n) is 13.1. The van der Waals surface area contributed by atoms with Crippen molar-refractivity contribution in [3.63, 3.8) is 0 Å². The van der Waals surface area contributed by atoms with E-state index in [1.807, 2.05) is 0 Å². The van der Waals surface area contributed by atoms with Crippen molar-refractivity contribution in [1.29, 1.82) is 0 Å².